The molecule has 106 valence electrons. The van der Waals surface area contributed by atoms with Gasteiger partial charge < -0.3 is 11.2 Å². The van der Waals surface area contributed by atoms with Gasteiger partial charge >= 0.3 is 0 Å². The Kier molecular flexibility index (Phi) is 5.11. The summed E-state index contributed by atoms with van der Waals surface area (Å²) in [6.07, 6.45) is 1.37. The van der Waals surface area contributed by atoms with Gasteiger partial charge in [-0.2, -0.15) is 0 Å². The van der Waals surface area contributed by atoms with E-state index in [2.05, 4.69) is 15.5 Å². The zero-order valence-electron chi connectivity index (χ0n) is 10.2. The number of nitrogens with two attached hydrogens (primary N) is 1. The Balaban J connectivity index is 1.82. The number of hydrogen-bond donors (Lipinski definition) is 2. The third kappa shape index (κ3) is 4.03. The summed E-state index contributed by atoms with van der Waals surface area (Å²) in [4.78, 5) is 11.7. The number of halogens is 2. The van der Waals surface area contributed by atoms with Gasteiger partial charge in [-0.3, -0.25) is 4.79 Å². The number of nitrogens with one attached hydrogen (secondary N) is 1. The van der Waals surface area contributed by atoms with E-state index in [1.807, 2.05) is 0 Å². The molecule has 1 heterocycles. The highest BCUT2D eigenvalue weighted by atomic mass is 35.5. The molecule has 0 aliphatic heterocycles. The molecular formula is C11H11Cl2N5OS. The first-order valence-electron chi connectivity index (χ1n) is 5.55. The molecule has 0 saturated heterocycles. The van der Waals surface area contributed by atoms with E-state index in [-0.39, 0.29) is 11.7 Å². The Bertz CT molecular complexity index is 619. The summed E-state index contributed by atoms with van der Waals surface area (Å²) in [5.41, 5.74) is 0.802. The smallest absolute Gasteiger partial charge is 0.230 e. The number of aromatic nitrogens is 3. The number of rotatable bonds is 5. The molecule has 2 rings (SSSR count). The second kappa shape index (κ2) is 6.83. The van der Waals surface area contributed by atoms with E-state index in [4.69, 9.17) is 29.0 Å². The summed E-state index contributed by atoms with van der Waals surface area (Å²) >= 11 is 13.0. The van der Waals surface area contributed by atoms with Crippen molar-refractivity contribution in [3.05, 3.63) is 40.1 Å². The molecular weight excluding hydrogens is 321 g/mol. The molecule has 1 aromatic heterocycles. The maximum atomic E-state index is 11.7. The lowest BCUT2D eigenvalue weighted by Crippen LogP contribution is -2.25. The predicted octanol–water partition coefficient (Wildman–Crippen LogP) is 1.71. The van der Waals surface area contributed by atoms with Crippen LogP contribution in [0.3, 0.4) is 0 Å². The molecule has 20 heavy (non-hydrogen) atoms. The number of hydrogen-bond acceptors (Lipinski definition) is 5. The fraction of sp³-hybridized carbons (Fsp3) is 0.182. The van der Waals surface area contributed by atoms with Crippen molar-refractivity contribution < 1.29 is 4.79 Å². The van der Waals surface area contributed by atoms with Crippen LogP contribution in [0, 0.1) is 0 Å². The van der Waals surface area contributed by atoms with Crippen molar-refractivity contribution in [1.82, 2.24) is 20.2 Å². The number of thioether (sulfide) groups is 1. The van der Waals surface area contributed by atoms with E-state index in [0.717, 1.165) is 5.56 Å². The van der Waals surface area contributed by atoms with Gasteiger partial charge in [-0.05, 0) is 17.7 Å². The Labute approximate surface area is 129 Å². The largest absolute Gasteiger partial charge is 0.351 e. The summed E-state index contributed by atoms with van der Waals surface area (Å²) in [6, 6.07) is 5.13. The average molecular weight is 332 g/mol. The van der Waals surface area contributed by atoms with Crippen LogP contribution in [0.4, 0.5) is 0 Å². The van der Waals surface area contributed by atoms with Crippen molar-refractivity contribution in [2.75, 3.05) is 11.6 Å². The molecule has 0 radical (unpaired) electrons. The standard InChI is InChI=1S/C11H11Cl2N5OS/c12-8-2-1-7(9(13)3-8)4-15-10(19)5-20-11-17-16-6-18(11)14/h1-3,6H,4-5,14H2,(H,15,19). The van der Waals surface area contributed by atoms with Crippen LogP contribution in [-0.2, 0) is 11.3 Å². The summed E-state index contributed by atoms with van der Waals surface area (Å²) in [7, 11) is 0. The van der Waals surface area contributed by atoms with Crippen molar-refractivity contribution in [2.24, 2.45) is 0 Å². The summed E-state index contributed by atoms with van der Waals surface area (Å²) in [6.45, 7) is 0.338. The molecule has 0 aliphatic rings. The van der Waals surface area contributed by atoms with E-state index < -0.39 is 0 Å². The molecule has 0 atom stereocenters. The Hall–Kier alpha value is -1.44. The van der Waals surface area contributed by atoms with Gasteiger partial charge in [0.2, 0.25) is 11.1 Å². The molecule has 0 unspecified atom stereocenters. The van der Waals surface area contributed by atoms with E-state index in [1.165, 1.54) is 22.8 Å². The maximum Gasteiger partial charge on any atom is 0.230 e. The molecule has 1 amide bonds. The van der Waals surface area contributed by atoms with E-state index in [0.29, 0.717) is 21.7 Å². The second-order valence-electron chi connectivity index (χ2n) is 3.82. The van der Waals surface area contributed by atoms with Crippen LogP contribution in [0.25, 0.3) is 0 Å². The molecule has 0 aliphatic carbocycles. The van der Waals surface area contributed by atoms with Crippen LogP contribution in [0.15, 0.2) is 29.7 Å². The molecule has 0 saturated carbocycles. The van der Waals surface area contributed by atoms with Crippen molar-refractivity contribution in [2.45, 2.75) is 11.7 Å². The first-order valence-corrected chi connectivity index (χ1v) is 7.29. The predicted molar refractivity (Wildman–Crippen MR) is 79.2 cm³/mol. The van der Waals surface area contributed by atoms with Crippen molar-refractivity contribution in [3.63, 3.8) is 0 Å². The van der Waals surface area contributed by atoms with Gasteiger partial charge in [0.25, 0.3) is 0 Å². The Morgan fingerprint density at radius 3 is 2.90 bits per heavy atom. The quantitative estimate of drug-likeness (QED) is 0.643. The van der Waals surface area contributed by atoms with Gasteiger partial charge in [0.05, 0.1) is 5.75 Å². The number of nitrogens with zero attached hydrogens (tertiary/aromatic N) is 3. The van der Waals surface area contributed by atoms with Crippen molar-refractivity contribution in [3.8, 4) is 0 Å². The average Bonchev–Trinajstić information content (AvgIpc) is 2.81. The second-order valence-corrected chi connectivity index (χ2v) is 5.61. The van der Waals surface area contributed by atoms with Gasteiger partial charge in [-0.15, -0.1) is 10.2 Å². The lowest BCUT2D eigenvalue weighted by atomic mass is 10.2. The Morgan fingerprint density at radius 1 is 1.45 bits per heavy atom. The van der Waals surface area contributed by atoms with Crippen LogP contribution in [0.2, 0.25) is 10.0 Å². The molecule has 0 spiro atoms. The first kappa shape index (κ1) is 15.0. The summed E-state index contributed by atoms with van der Waals surface area (Å²) in [5, 5.41) is 11.7. The fourth-order valence-corrected chi connectivity index (χ4v) is 2.51. The maximum absolute atomic E-state index is 11.7. The van der Waals surface area contributed by atoms with Gasteiger partial charge in [-0.1, -0.05) is 41.0 Å². The normalized spacial score (nSPS) is 10.5. The van der Waals surface area contributed by atoms with Gasteiger partial charge in [0.15, 0.2) is 0 Å². The van der Waals surface area contributed by atoms with Crippen LogP contribution >= 0.6 is 35.0 Å². The lowest BCUT2D eigenvalue weighted by Gasteiger charge is -2.07. The minimum atomic E-state index is -0.149. The van der Waals surface area contributed by atoms with Crippen LogP contribution in [0.1, 0.15) is 5.56 Å². The van der Waals surface area contributed by atoms with Crippen molar-refractivity contribution >= 4 is 40.9 Å². The number of benzene rings is 1. The summed E-state index contributed by atoms with van der Waals surface area (Å²) in [5.74, 6) is 5.58. The SMILES string of the molecule is Nn1cnnc1SCC(=O)NCc1ccc(Cl)cc1Cl. The van der Waals surface area contributed by atoms with E-state index >= 15 is 0 Å². The van der Waals surface area contributed by atoms with Crippen LogP contribution in [0.5, 0.6) is 0 Å². The monoisotopic (exact) mass is 331 g/mol. The highest BCUT2D eigenvalue weighted by molar-refractivity contribution is 7.99. The third-order valence-corrected chi connectivity index (χ3v) is 3.91. The fourth-order valence-electron chi connectivity index (χ4n) is 1.38. The molecule has 9 heteroatoms. The van der Waals surface area contributed by atoms with Crippen LogP contribution < -0.4 is 11.2 Å². The molecule has 1 aromatic carbocycles. The molecule has 2 aromatic rings. The lowest BCUT2D eigenvalue weighted by molar-refractivity contribution is -0.118. The minimum Gasteiger partial charge on any atom is -0.351 e. The molecule has 3 N–H and O–H groups in total. The first-order chi connectivity index (χ1) is 9.56. The van der Waals surface area contributed by atoms with Gasteiger partial charge in [0.1, 0.15) is 6.33 Å². The van der Waals surface area contributed by atoms with Gasteiger partial charge in [-0.25, -0.2) is 4.68 Å². The third-order valence-electron chi connectivity index (χ3n) is 2.36. The topological polar surface area (TPSA) is 85.8 Å². The number of carbonyl (C=O) groups excluding carboxylic acids is 1. The molecule has 0 bridgehead atoms. The number of carbonyl (C=O) groups is 1. The van der Waals surface area contributed by atoms with Crippen LogP contribution in [-0.4, -0.2) is 26.5 Å². The zero-order valence-corrected chi connectivity index (χ0v) is 12.5. The molecule has 6 nitrogen and oxygen atoms in total. The highest BCUT2D eigenvalue weighted by Gasteiger charge is 2.08. The van der Waals surface area contributed by atoms with E-state index in [9.17, 15) is 4.79 Å². The van der Waals surface area contributed by atoms with E-state index in [1.54, 1.807) is 18.2 Å². The van der Waals surface area contributed by atoms with Gasteiger partial charge in [0, 0.05) is 16.6 Å². The molecule has 0 fully saturated rings. The Morgan fingerprint density at radius 2 is 2.25 bits per heavy atom. The number of nitrogen functional groups attached to an aromatic ring is 1. The number of amides is 1. The summed E-state index contributed by atoms with van der Waals surface area (Å²) < 4.78 is 1.26. The zero-order chi connectivity index (χ0) is 14.5. The van der Waals surface area contributed by atoms with Crippen molar-refractivity contribution in [1.29, 1.82) is 0 Å². The highest BCUT2D eigenvalue weighted by Crippen LogP contribution is 2.20. The minimum absolute atomic E-state index is 0.149.